The minimum atomic E-state index is -0.985. The van der Waals surface area contributed by atoms with Gasteiger partial charge in [0.05, 0.1) is 13.0 Å². The second kappa shape index (κ2) is 11.8. The van der Waals surface area contributed by atoms with Crippen molar-refractivity contribution >= 4 is 39.2 Å². The van der Waals surface area contributed by atoms with Gasteiger partial charge in [0, 0.05) is 29.9 Å². The molecular formula is C21H22BrNO4. The smallest absolute Gasteiger partial charge is 0.303 e. The van der Waals surface area contributed by atoms with E-state index in [1.54, 1.807) is 12.1 Å². The van der Waals surface area contributed by atoms with Crippen LogP contribution in [0.4, 0.5) is 5.69 Å². The average molecular weight is 433 g/mol. The second-order valence-corrected chi connectivity index (χ2v) is 6.57. The zero-order chi connectivity index (χ0) is 20.2. The number of rotatable bonds is 7. The molecule has 142 valence electrons. The molecule has 1 N–H and O–H groups in total. The lowest BCUT2D eigenvalue weighted by Crippen LogP contribution is -2.03. The van der Waals surface area contributed by atoms with Crippen molar-refractivity contribution in [3.8, 4) is 0 Å². The fourth-order valence-corrected chi connectivity index (χ4v) is 2.36. The van der Waals surface area contributed by atoms with E-state index in [2.05, 4.69) is 20.8 Å². The topological polar surface area (TPSA) is 75.8 Å². The Kier molecular flexibility index (Phi) is 9.70. The number of ketones is 2. The van der Waals surface area contributed by atoms with Crippen molar-refractivity contribution in [2.45, 2.75) is 32.6 Å². The highest BCUT2D eigenvalue weighted by Gasteiger charge is 2.08. The van der Waals surface area contributed by atoms with Crippen molar-refractivity contribution in [2.24, 2.45) is 0 Å². The summed E-state index contributed by atoms with van der Waals surface area (Å²) in [5.74, 6) is -0.972. The maximum absolute atomic E-state index is 11.4. The number of hydrogen-bond acceptors (Lipinski definition) is 3. The lowest BCUT2D eigenvalue weighted by molar-refractivity contribution is -0.136. The minimum absolute atomic E-state index is 0. The van der Waals surface area contributed by atoms with Crippen LogP contribution in [0, 0.1) is 6.57 Å². The van der Waals surface area contributed by atoms with Gasteiger partial charge in [-0.2, -0.15) is 0 Å². The van der Waals surface area contributed by atoms with Gasteiger partial charge in [-0.25, -0.2) is 4.85 Å². The molecular weight excluding hydrogens is 410 g/mol. The molecule has 2 aromatic carbocycles. The Hall–Kier alpha value is -2.78. The molecule has 0 saturated heterocycles. The van der Waals surface area contributed by atoms with Crippen LogP contribution in [0.3, 0.4) is 0 Å². The molecule has 0 aliphatic carbocycles. The average Bonchev–Trinajstić information content (AvgIpc) is 2.67. The molecule has 0 spiro atoms. The van der Waals surface area contributed by atoms with Crippen LogP contribution in [0.5, 0.6) is 0 Å². The van der Waals surface area contributed by atoms with Crippen LogP contribution in [-0.4, -0.2) is 22.6 Å². The van der Waals surface area contributed by atoms with Crippen LogP contribution in [0.25, 0.3) is 4.85 Å². The number of Topliss-reactive ketones (excluding diaryl/α,β-unsaturated/α-hetero) is 2. The molecule has 0 aromatic heterocycles. The number of aliphatic carboxylic acids is 1. The van der Waals surface area contributed by atoms with Gasteiger partial charge in [0.25, 0.3) is 0 Å². The van der Waals surface area contributed by atoms with Gasteiger partial charge >= 0.3 is 5.97 Å². The molecule has 0 unspecified atom stereocenters. The van der Waals surface area contributed by atoms with Gasteiger partial charge in [0.15, 0.2) is 17.3 Å². The van der Waals surface area contributed by atoms with E-state index in [1.807, 2.05) is 31.2 Å². The summed E-state index contributed by atoms with van der Waals surface area (Å²) in [6.07, 6.45) is 1.38. The summed E-state index contributed by atoms with van der Waals surface area (Å²) >= 11 is 3.32. The molecule has 0 aliphatic heterocycles. The van der Waals surface area contributed by atoms with Crippen LogP contribution in [-0.2, 0) is 4.79 Å². The molecule has 0 heterocycles. The number of carbonyl (C=O) groups is 3. The second-order valence-electron chi connectivity index (χ2n) is 5.66. The van der Waals surface area contributed by atoms with Gasteiger partial charge in [0.2, 0.25) is 0 Å². The third kappa shape index (κ3) is 8.43. The van der Waals surface area contributed by atoms with E-state index in [1.165, 1.54) is 12.1 Å². The third-order valence-electron chi connectivity index (χ3n) is 3.53. The highest BCUT2D eigenvalue weighted by Crippen LogP contribution is 2.14. The lowest BCUT2D eigenvalue weighted by Gasteiger charge is -1.98. The van der Waals surface area contributed by atoms with E-state index in [4.69, 9.17) is 11.7 Å². The van der Waals surface area contributed by atoms with Gasteiger partial charge in [0.1, 0.15) is 0 Å². The van der Waals surface area contributed by atoms with Gasteiger partial charge < -0.3 is 5.11 Å². The molecule has 0 amide bonds. The fourth-order valence-electron chi connectivity index (χ4n) is 2.09. The number of halogens is 1. The summed E-state index contributed by atoms with van der Waals surface area (Å²) in [6.45, 7) is 8.73. The first-order chi connectivity index (χ1) is 12.9. The summed E-state index contributed by atoms with van der Waals surface area (Å²) in [7, 11) is 0. The van der Waals surface area contributed by atoms with Crippen LogP contribution in [0.2, 0.25) is 0 Å². The van der Waals surface area contributed by atoms with Crippen molar-refractivity contribution in [1.29, 1.82) is 0 Å². The van der Waals surface area contributed by atoms with Gasteiger partial charge in [-0.1, -0.05) is 59.3 Å². The largest absolute Gasteiger partial charge is 0.481 e. The molecule has 5 nitrogen and oxygen atoms in total. The molecule has 0 atom stereocenters. The number of carboxylic acids is 1. The predicted octanol–water partition coefficient (Wildman–Crippen LogP) is 5.96. The van der Waals surface area contributed by atoms with Gasteiger partial charge in [-0.15, -0.1) is 0 Å². The number of benzene rings is 2. The van der Waals surface area contributed by atoms with E-state index in [0.717, 1.165) is 16.5 Å². The number of carboxylic acid groups (broad SMARTS) is 1. The van der Waals surface area contributed by atoms with Crippen molar-refractivity contribution in [3.05, 3.63) is 75.5 Å². The highest BCUT2D eigenvalue weighted by molar-refractivity contribution is 9.10. The summed E-state index contributed by atoms with van der Waals surface area (Å²) in [5.41, 5.74) is 1.72. The van der Waals surface area contributed by atoms with Crippen molar-refractivity contribution in [1.82, 2.24) is 0 Å². The van der Waals surface area contributed by atoms with E-state index < -0.39 is 5.97 Å². The molecule has 0 radical (unpaired) electrons. The van der Waals surface area contributed by atoms with Crippen LogP contribution >= 0.6 is 15.9 Å². The first kappa shape index (κ1) is 22.3. The molecule has 0 aliphatic rings. The van der Waals surface area contributed by atoms with Crippen LogP contribution < -0.4 is 0 Å². The van der Waals surface area contributed by atoms with E-state index >= 15 is 0 Å². The fraction of sp³-hybridized carbons (Fsp3) is 0.238. The predicted molar refractivity (Wildman–Crippen MR) is 109 cm³/mol. The Morgan fingerprint density at radius 2 is 1.41 bits per heavy atom. The molecule has 0 saturated carbocycles. The van der Waals surface area contributed by atoms with Crippen molar-refractivity contribution in [3.63, 3.8) is 0 Å². The number of carbonyl (C=O) groups excluding carboxylic acids is 2. The quantitative estimate of drug-likeness (QED) is 0.432. The van der Waals surface area contributed by atoms with E-state index in [9.17, 15) is 14.4 Å². The zero-order valence-corrected chi connectivity index (χ0v) is 16.5. The minimum Gasteiger partial charge on any atom is -0.481 e. The zero-order valence-electron chi connectivity index (χ0n) is 14.9. The normalized spacial score (nSPS) is 9.52. The summed E-state index contributed by atoms with van der Waals surface area (Å²) < 4.78 is 1.01. The molecule has 2 aromatic rings. The maximum Gasteiger partial charge on any atom is 0.303 e. The maximum atomic E-state index is 11.4. The Bertz CT molecular complexity index is 827. The molecule has 0 bridgehead atoms. The Labute approximate surface area is 168 Å². The SMILES string of the molecule is CCCC(=O)c1ccc(Br)cc1.[2HH].[C-]#[N+]c1ccc(C(=O)CCC(=O)O)cc1. The van der Waals surface area contributed by atoms with Crippen molar-refractivity contribution < 1.29 is 20.9 Å². The van der Waals surface area contributed by atoms with Crippen LogP contribution in [0.15, 0.2) is 53.0 Å². The van der Waals surface area contributed by atoms with Gasteiger partial charge in [-0.3, -0.25) is 14.4 Å². The number of nitrogens with zero attached hydrogens (tertiary/aromatic N) is 1. The molecule has 27 heavy (non-hydrogen) atoms. The first-order valence-corrected chi connectivity index (χ1v) is 9.18. The van der Waals surface area contributed by atoms with E-state index in [0.29, 0.717) is 17.7 Å². The summed E-state index contributed by atoms with van der Waals surface area (Å²) in [5, 5.41) is 8.40. The van der Waals surface area contributed by atoms with Crippen LogP contribution in [0.1, 0.15) is 54.7 Å². The highest BCUT2D eigenvalue weighted by atomic mass is 79.9. The third-order valence-corrected chi connectivity index (χ3v) is 4.06. The molecule has 2 rings (SSSR count). The summed E-state index contributed by atoms with van der Waals surface area (Å²) in [6, 6.07) is 13.6. The monoisotopic (exact) mass is 432 g/mol. The standard InChI is InChI=1S/C11H9NO3.C10H11BrO.H2/c1-12-9-4-2-8(3-5-9)10(13)6-7-11(14)15;1-2-3-10(12)8-4-6-9(11)7-5-8;/h2-5H,6-7H2,(H,14,15);4-7H,2-3H2,1H3;1H/i;;1+1. The Morgan fingerprint density at radius 1 is 0.926 bits per heavy atom. The molecule has 6 heteroatoms. The Balaban J connectivity index is 0.000000514. The summed E-state index contributed by atoms with van der Waals surface area (Å²) in [4.78, 5) is 36.2. The Morgan fingerprint density at radius 3 is 1.85 bits per heavy atom. The van der Waals surface area contributed by atoms with Crippen molar-refractivity contribution in [2.75, 3.05) is 0 Å². The first-order valence-electron chi connectivity index (χ1n) is 8.38. The number of hydrogen-bond donors (Lipinski definition) is 1. The molecule has 0 fully saturated rings. The van der Waals surface area contributed by atoms with Gasteiger partial charge in [-0.05, 0) is 18.6 Å². The van der Waals surface area contributed by atoms with E-state index in [-0.39, 0.29) is 25.8 Å². The lowest BCUT2D eigenvalue weighted by atomic mass is 10.1.